The number of alkyl halides is 3. The summed E-state index contributed by atoms with van der Waals surface area (Å²) in [5.74, 6) is -1.07. The topological polar surface area (TPSA) is 98.1 Å². The Morgan fingerprint density at radius 1 is 1.00 bits per heavy atom. The summed E-state index contributed by atoms with van der Waals surface area (Å²) in [5, 5.41) is 13.4. The lowest BCUT2D eigenvalue weighted by molar-refractivity contribution is -0.137. The van der Waals surface area contributed by atoms with Crippen LogP contribution in [0.2, 0.25) is 0 Å². The maximum Gasteiger partial charge on any atom is 0.416 e. The van der Waals surface area contributed by atoms with E-state index < -0.39 is 29.4 Å². The minimum atomic E-state index is -4.60. The Balaban J connectivity index is 1.51. The summed E-state index contributed by atoms with van der Waals surface area (Å²) < 4.78 is 61.3. The Labute approximate surface area is 243 Å². The SMILES string of the molecule is CCCCOc1ccc(C(=O)NCc2nnc(SCC(=O)Nc3ccccc3F)n2-c2cccc(C(F)(F)F)c2)cc1. The van der Waals surface area contributed by atoms with Gasteiger partial charge in [0.15, 0.2) is 11.0 Å². The highest BCUT2D eigenvalue weighted by Crippen LogP contribution is 2.32. The van der Waals surface area contributed by atoms with Crippen molar-refractivity contribution < 1.29 is 31.9 Å². The molecule has 8 nitrogen and oxygen atoms in total. The molecule has 3 aromatic carbocycles. The van der Waals surface area contributed by atoms with Crippen molar-refractivity contribution >= 4 is 29.3 Å². The van der Waals surface area contributed by atoms with E-state index >= 15 is 0 Å². The highest BCUT2D eigenvalue weighted by atomic mass is 32.2. The van der Waals surface area contributed by atoms with Crippen LogP contribution in [0.4, 0.5) is 23.2 Å². The van der Waals surface area contributed by atoms with Gasteiger partial charge >= 0.3 is 6.18 Å². The number of hydrogen-bond acceptors (Lipinski definition) is 6. The Kier molecular flexibility index (Phi) is 10.2. The first-order valence-electron chi connectivity index (χ1n) is 13.0. The number of unbranched alkanes of at least 4 members (excludes halogenated alkanes) is 1. The lowest BCUT2D eigenvalue weighted by Crippen LogP contribution is -2.24. The van der Waals surface area contributed by atoms with Crippen molar-refractivity contribution in [3.63, 3.8) is 0 Å². The fourth-order valence-electron chi connectivity index (χ4n) is 3.77. The molecule has 0 atom stereocenters. The third-order valence-electron chi connectivity index (χ3n) is 5.90. The van der Waals surface area contributed by atoms with Crippen LogP contribution in [0.25, 0.3) is 5.69 Å². The molecule has 2 N–H and O–H groups in total. The second kappa shape index (κ2) is 14.0. The highest BCUT2D eigenvalue weighted by Gasteiger charge is 2.31. The summed E-state index contributed by atoms with van der Waals surface area (Å²) in [6.07, 6.45) is -2.70. The van der Waals surface area contributed by atoms with Gasteiger partial charge in [-0.05, 0) is 61.0 Å². The number of aromatic nitrogens is 3. The van der Waals surface area contributed by atoms with Crippen molar-refractivity contribution in [2.75, 3.05) is 17.7 Å². The van der Waals surface area contributed by atoms with Crippen LogP contribution >= 0.6 is 11.8 Å². The molecule has 42 heavy (non-hydrogen) atoms. The summed E-state index contributed by atoms with van der Waals surface area (Å²) >= 11 is 0.897. The molecule has 1 heterocycles. The zero-order chi connectivity index (χ0) is 30.1. The van der Waals surface area contributed by atoms with Gasteiger partial charge < -0.3 is 15.4 Å². The molecule has 0 saturated carbocycles. The highest BCUT2D eigenvalue weighted by molar-refractivity contribution is 7.99. The Morgan fingerprint density at radius 2 is 1.76 bits per heavy atom. The smallest absolute Gasteiger partial charge is 0.416 e. The van der Waals surface area contributed by atoms with Crippen LogP contribution in [0.5, 0.6) is 5.75 Å². The maximum absolute atomic E-state index is 13.9. The molecule has 13 heteroatoms. The van der Waals surface area contributed by atoms with Gasteiger partial charge in [0, 0.05) is 5.56 Å². The molecule has 0 radical (unpaired) electrons. The van der Waals surface area contributed by atoms with Gasteiger partial charge in [-0.25, -0.2) is 4.39 Å². The second-order valence-electron chi connectivity index (χ2n) is 9.01. The quantitative estimate of drug-likeness (QED) is 0.113. The molecule has 2 amide bonds. The molecule has 4 rings (SSSR count). The molecular weight excluding hydrogens is 574 g/mol. The van der Waals surface area contributed by atoms with E-state index in [0.29, 0.717) is 17.9 Å². The molecule has 1 aromatic heterocycles. The Morgan fingerprint density at radius 3 is 2.48 bits per heavy atom. The van der Waals surface area contributed by atoms with Gasteiger partial charge in [-0.3, -0.25) is 14.2 Å². The number of halogens is 4. The molecule has 220 valence electrons. The lowest BCUT2D eigenvalue weighted by Gasteiger charge is -2.14. The van der Waals surface area contributed by atoms with Crippen molar-refractivity contribution in [3.05, 3.63) is 95.6 Å². The average molecular weight is 602 g/mol. The number of benzene rings is 3. The molecule has 0 aliphatic heterocycles. The largest absolute Gasteiger partial charge is 0.494 e. The van der Waals surface area contributed by atoms with Crippen LogP contribution in [-0.4, -0.2) is 38.9 Å². The summed E-state index contributed by atoms with van der Waals surface area (Å²) in [4.78, 5) is 25.3. The summed E-state index contributed by atoms with van der Waals surface area (Å²) in [7, 11) is 0. The van der Waals surface area contributed by atoms with Crippen molar-refractivity contribution in [1.29, 1.82) is 0 Å². The lowest BCUT2D eigenvalue weighted by atomic mass is 10.2. The average Bonchev–Trinajstić information content (AvgIpc) is 3.39. The van der Waals surface area contributed by atoms with Crippen molar-refractivity contribution in [3.8, 4) is 11.4 Å². The minimum absolute atomic E-state index is 0.00796. The normalized spacial score (nSPS) is 11.3. The zero-order valence-corrected chi connectivity index (χ0v) is 23.3. The first kappa shape index (κ1) is 30.6. The van der Waals surface area contributed by atoms with Gasteiger partial charge in [-0.2, -0.15) is 13.2 Å². The molecular formula is C29H27F4N5O3S. The van der Waals surface area contributed by atoms with Crippen LogP contribution in [-0.2, 0) is 17.5 Å². The number of amides is 2. The first-order valence-corrected chi connectivity index (χ1v) is 13.9. The van der Waals surface area contributed by atoms with Crippen LogP contribution in [0.3, 0.4) is 0 Å². The molecule has 0 fully saturated rings. The number of carbonyl (C=O) groups excluding carboxylic acids is 2. The van der Waals surface area contributed by atoms with Crippen molar-refractivity contribution in [2.24, 2.45) is 0 Å². The van der Waals surface area contributed by atoms with E-state index in [9.17, 15) is 27.2 Å². The monoisotopic (exact) mass is 601 g/mol. The summed E-state index contributed by atoms with van der Waals surface area (Å²) in [6.45, 7) is 2.45. The van der Waals surface area contributed by atoms with E-state index in [1.54, 1.807) is 30.3 Å². The third kappa shape index (κ3) is 8.09. The van der Waals surface area contributed by atoms with Crippen molar-refractivity contribution in [1.82, 2.24) is 20.1 Å². The molecule has 0 aliphatic carbocycles. The predicted molar refractivity (Wildman–Crippen MR) is 150 cm³/mol. The van der Waals surface area contributed by atoms with Crippen LogP contribution in [0.1, 0.15) is 41.5 Å². The molecule has 0 bridgehead atoms. The van der Waals surface area contributed by atoms with Crippen LogP contribution in [0.15, 0.2) is 78.0 Å². The van der Waals surface area contributed by atoms with E-state index in [4.69, 9.17) is 4.74 Å². The second-order valence-corrected chi connectivity index (χ2v) is 9.95. The van der Waals surface area contributed by atoms with Gasteiger partial charge in [0.05, 0.1) is 35.8 Å². The van der Waals surface area contributed by atoms with Crippen molar-refractivity contribution in [2.45, 2.75) is 37.6 Å². The van der Waals surface area contributed by atoms with Gasteiger partial charge in [0.1, 0.15) is 11.6 Å². The molecule has 0 unspecified atom stereocenters. The van der Waals surface area contributed by atoms with E-state index in [-0.39, 0.29) is 34.7 Å². The standard InChI is InChI=1S/C29H27F4N5O3S/c1-2-3-15-41-22-13-11-19(12-14-22)27(40)34-17-25-36-37-28(38(25)21-8-6-7-20(16-21)29(31,32)33)42-18-26(39)35-24-10-5-4-9-23(24)30/h4-14,16H,2-3,15,17-18H2,1H3,(H,34,40)(H,35,39). The number of anilines is 1. The number of nitrogens with zero attached hydrogens (tertiary/aromatic N) is 3. The molecule has 0 saturated heterocycles. The van der Waals surface area contributed by atoms with Crippen LogP contribution < -0.4 is 15.4 Å². The van der Waals surface area contributed by atoms with E-state index in [0.717, 1.165) is 36.7 Å². The number of rotatable bonds is 12. The number of ether oxygens (including phenoxy) is 1. The first-order chi connectivity index (χ1) is 20.2. The summed E-state index contributed by atoms with van der Waals surface area (Å²) in [6, 6.07) is 16.7. The Bertz CT molecular complexity index is 1530. The molecule has 0 aliphatic rings. The van der Waals surface area contributed by atoms with Crippen LogP contribution in [0, 0.1) is 5.82 Å². The number of thioether (sulfide) groups is 1. The third-order valence-corrected chi connectivity index (χ3v) is 6.83. The number of carbonyl (C=O) groups is 2. The van der Waals surface area contributed by atoms with Gasteiger partial charge in [0.2, 0.25) is 5.91 Å². The van der Waals surface area contributed by atoms with Gasteiger partial charge in [0.25, 0.3) is 5.91 Å². The molecule has 0 spiro atoms. The minimum Gasteiger partial charge on any atom is -0.494 e. The summed E-state index contributed by atoms with van der Waals surface area (Å²) in [5.41, 5.74) is -0.461. The van der Waals surface area contributed by atoms with Gasteiger partial charge in [-0.15, -0.1) is 10.2 Å². The number of hydrogen-bond donors (Lipinski definition) is 2. The van der Waals surface area contributed by atoms with E-state index in [1.807, 2.05) is 0 Å². The number of para-hydroxylation sites is 1. The zero-order valence-electron chi connectivity index (χ0n) is 22.5. The molecule has 4 aromatic rings. The number of nitrogens with one attached hydrogen (secondary N) is 2. The predicted octanol–water partition coefficient (Wildman–Crippen LogP) is 6.26. The van der Waals surface area contributed by atoms with E-state index in [2.05, 4.69) is 27.8 Å². The fourth-order valence-corrected chi connectivity index (χ4v) is 4.54. The fraction of sp³-hybridized carbons (Fsp3) is 0.241. The Hall–Kier alpha value is -4.39. The van der Waals surface area contributed by atoms with Gasteiger partial charge in [-0.1, -0.05) is 43.3 Å². The maximum atomic E-state index is 13.9. The van der Waals surface area contributed by atoms with E-state index in [1.165, 1.54) is 34.9 Å².